The maximum Gasteiger partial charge on any atom is 0.293 e. The second-order valence-electron chi connectivity index (χ2n) is 4.06. The summed E-state index contributed by atoms with van der Waals surface area (Å²) in [7, 11) is 1.85. The molecule has 17 heavy (non-hydrogen) atoms. The normalized spacial score (nSPS) is 10.4. The molecule has 1 amide bonds. The van der Waals surface area contributed by atoms with Crippen molar-refractivity contribution >= 4 is 11.6 Å². The molecule has 4 heteroatoms. The van der Waals surface area contributed by atoms with Gasteiger partial charge in [-0.15, -0.1) is 0 Å². The van der Waals surface area contributed by atoms with Crippen LogP contribution in [0, 0.1) is 0 Å². The second-order valence-corrected chi connectivity index (χ2v) is 4.06. The molecule has 0 aromatic heterocycles. The summed E-state index contributed by atoms with van der Waals surface area (Å²) in [5.74, 6) is 0.0510. The van der Waals surface area contributed by atoms with E-state index < -0.39 is 0 Å². The van der Waals surface area contributed by atoms with Crippen molar-refractivity contribution in [3.8, 4) is 0 Å². The highest BCUT2D eigenvalue weighted by molar-refractivity contribution is 5.78. The van der Waals surface area contributed by atoms with Gasteiger partial charge in [-0.2, -0.15) is 0 Å². The number of benzene rings is 1. The van der Waals surface area contributed by atoms with Gasteiger partial charge in [-0.1, -0.05) is 18.2 Å². The van der Waals surface area contributed by atoms with Gasteiger partial charge in [0.2, 0.25) is 0 Å². The van der Waals surface area contributed by atoms with Gasteiger partial charge in [0.1, 0.15) is 0 Å². The van der Waals surface area contributed by atoms with E-state index in [-0.39, 0.29) is 5.91 Å². The lowest BCUT2D eigenvalue weighted by Gasteiger charge is -2.22. The van der Waals surface area contributed by atoms with Crippen LogP contribution in [0.2, 0.25) is 0 Å². The smallest absolute Gasteiger partial charge is 0.293 e. The van der Waals surface area contributed by atoms with Crippen molar-refractivity contribution in [3.63, 3.8) is 0 Å². The number of hydrazine groups is 1. The van der Waals surface area contributed by atoms with Gasteiger partial charge in [0, 0.05) is 7.05 Å². The van der Waals surface area contributed by atoms with E-state index in [0.29, 0.717) is 6.54 Å². The van der Waals surface area contributed by atoms with Crippen LogP contribution in [0.1, 0.15) is 13.8 Å². The number of hydrogen-bond donors (Lipinski definition) is 2. The van der Waals surface area contributed by atoms with Crippen LogP contribution in [0.15, 0.2) is 30.3 Å². The molecule has 0 aliphatic heterocycles. The third-order valence-corrected chi connectivity index (χ3v) is 2.85. The first-order valence-corrected chi connectivity index (χ1v) is 6.09. The van der Waals surface area contributed by atoms with Crippen LogP contribution in [0.25, 0.3) is 0 Å². The number of rotatable bonds is 6. The van der Waals surface area contributed by atoms with E-state index in [1.165, 1.54) is 4.90 Å². The van der Waals surface area contributed by atoms with Crippen molar-refractivity contribution in [3.05, 3.63) is 30.3 Å². The molecule has 94 valence electrons. The van der Waals surface area contributed by atoms with Gasteiger partial charge >= 0.3 is 0 Å². The van der Waals surface area contributed by atoms with Crippen LogP contribution >= 0.6 is 0 Å². The zero-order chi connectivity index (χ0) is 12.7. The van der Waals surface area contributed by atoms with Gasteiger partial charge in [-0.3, -0.25) is 15.2 Å². The largest absolute Gasteiger partial charge is 0.328 e. The van der Waals surface area contributed by atoms with Crippen LogP contribution in [-0.2, 0) is 4.79 Å². The number of para-hydroxylation sites is 1. The van der Waals surface area contributed by atoms with Gasteiger partial charge in [0.25, 0.3) is 5.91 Å². The highest BCUT2D eigenvalue weighted by atomic mass is 16.2. The van der Waals surface area contributed by atoms with Gasteiger partial charge in [-0.25, -0.2) is 0 Å². The van der Waals surface area contributed by atoms with E-state index in [9.17, 15) is 4.79 Å². The van der Waals surface area contributed by atoms with Gasteiger partial charge in [-0.05, 0) is 26.0 Å². The zero-order valence-electron chi connectivity index (χ0n) is 10.9. The Morgan fingerprint density at radius 2 is 1.82 bits per heavy atom. The minimum absolute atomic E-state index is 0.0510. The molecule has 0 saturated carbocycles. The van der Waals surface area contributed by atoms with E-state index in [4.69, 9.17) is 0 Å². The average molecular weight is 236 g/mol. The molecule has 0 aliphatic carbocycles. The first kappa shape index (κ1) is 13.5. The molecule has 0 saturated heterocycles. The number of quaternary nitrogens is 1. The molecule has 0 fully saturated rings. The van der Waals surface area contributed by atoms with Crippen LogP contribution in [0.3, 0.4) is 0 Å². The molecule has 0 bridgehead atoms. The SMILES string of the molecule is CC[NH+](CC)CC(=O)NN(C)c1ccccc1. The van der Waals surface area contributed by atoms with Crippen molar-refractivity contribution < 1.29 is 9.69 Å². The van der Waals surface area contributed by atoms with Crippen LogP contribution in [0.4, 0.5) is 5.69 Å². The molecule has 0 radical (unpaired) electrons. The van der Waals surface area contributed by atoms with E-state index in [1.54, 1.807) is 5.01 Å². The van der Waals surface area contributed by atoms with Crippen molar-refractivity contribution in [2.75, 3.05) is 31.7 Å². The van der Waals surface area contributed by atoms with Crippen molar-refractivity contribution in [2.24, 2.45) is 0 Å². The van der Waals surface area contributed by atoms with Crippen molar-refractivity contribution in [1.82, 2.24) is 5.43 Å². The van der Waals surface area contributed by atoms with E-state index in [0.717, 1.165) is 18.8 Å². The molecule has 2 N–H and O–H groups in total. The summed E-state index contributed by atoms with van der Waals surface area (Å²) in [6.45, 7) is 6.64. The van der Waals surface area contributed by atoms with Gasteiger partial charge in [0.05, 0.1) is 18.8 Å². The third-order valence-electron chi connectivity index (χ3n) is 2.85. The summed E-state index contributed by atoms with van der Waals surface area (Å²) in [6, 6.07) is 9.79. The number of hydrogen-bond acceptors (Lipinski definition) is 2. The fourth-order valence-electron chi connectivity index (χ4n) is 1.67. The van der Waals surface area contributed by atoms with E-state index in [2.05, 4.69) is 19.3 Å². The Kier molecular flexibility index (Phi) is 5.49. The van der Waals surface area contributed by atoms with Gasteiger partial charge in [0.15, 0.2) is 6.54 Å². The van der Waals surface area contributed by atoms with E-state index in [1.807, 2.05) is 37.4 Å². The second kappa shape index (κ2) is 6.91. The number of nitrogens with zero attached hydrogens (tertiary/aromatic N) is 1. The number of likely N-dealkylation sites (N-methyl/N-ethyl adjacent to an activating group) is 1. The predicted molar refractivity (Wildman–Crippen MR) is 69.9 cm³/mol. The lowest BCUT2D eigenvalue weighted by atomic mass is 10.3. The summed E-state index contributed by atoms with van der Waals surface area (Å²) >= 11 is 0. The third kappa shape index (κ3) is 4.44. The summed E-state index contributed by atoms with van der Waals surface area (Å²) in [5, 5.41) is 1.76. The number of carbonyl (C=O) groups excluding carboxylic acids is 1. The Labute approximate surface area is 103 Å². The molecule has 0 spiro atoms. The standard InChI is InChI=1S/C13H21N3O/c1-4-16(5-2)11-13(17)14-15(3)12-9-7-6-8-10-12/h6-10H,4-5,11H2,1-3H3,(H,14,17)/p+1. The molecular weight excluding hydrogens is 214 g/mol. The summed E-state index contributed by atoms with van der Waals surface area (Å²) in [5.41, 5.74) is 3.85. The summed E-state index contributed by atoms with van der Waals surface area (Å²) in [6.07, 6.45) is 0. The van der Waals surface area contributed by atoms with Crippen LogP contribution in [-0.4, -0.2) is 32.6 Å². The average Bonchev–Trinajstić information content (AvgIpc) is 2.37. The predicted octanol–water partition coefficient (Wildman–Crippen LogP) is 0.0787. The number of carbonyl (C=O) groups is 1. The maximum absolute atomic E-state index is 11.8. The fraction of sp³-hybridized carbons (Fsp3) is 0.462. The summed E-state index contributed by atoms with van der Waals surface area (Å²) < 4.78 is 0. The highest BCUT2D eigenvalue weighted by Gasteiger charge is 2.11. The number of anilines is 1. The fourth-order valence-corrected chi connectivity index (χ4v) is 1.67. The Balaban J connectivity index is 2.46. The zero-order valence-corrected chi connectivity index (χ0v) is 10.9. The van der Waals surface area contributed by atoms with Crippen LogP contribution in [0.5, 0.6) is 0 Å². The molecular formula is C13H22N3O+. The molecule has 1 rings (SSSR count). The number of amides is 1. The number of nitrogens with one attached hydrogen (secondary N) is 2. The molecule has 0 heterocycles. The highest BCUT2D eigenvalue weighted by Crippen LogP contribution is 2.07. The van der Waals surface area contributed by atoms with E-state index >= 15 is 0 Å². The van der Waals surface area contributed by atoms with Crippen LogP contribution < -0.4 is 15.3 Å². The molecule has 1 aromatic rings. The van der Waals surface area contributed by atoms with Gasteiger partial charge < -0.3 is 4.90 Å². The minimum atomic E-state index is 0.0510. The van der Waals surface area contributed by atoms with Crippen molar-refractivity contribution in [2.45, 2.75) is 13.8 Å². The molecule has 0 unspecified atom stereocenters. The Morgan fingerprint density at radius 3 is 2.35 bits per heavy atom. The summed E-state index contributed by atoms with van der Waals surface area (Å²) in [4.78, 5) is 13.1. The maximum atomic E-state index is 11.8. The quantitative estimate of drug-likeness (QED) is 0.686. The topological polar surface area (TPSA) is 36.8 Å². The Morgan fingerprint density at radius 1 is 1.24 bits per heavy atom. The van der Waals surface area contributed by atoms with Crippen molar-refractivity contribution in [1.29, 1.82) is 0 Å². The lowest BCUT2D eigenvalue weighted by molar-refractivity contribution is -0.888. The first-order chi connectivity index (χ1) is 8.17. The minimum Gasteiger partial charge on any atom is -0.328 e. The molecule has 0 atom stereocenters. The lowest BCUT2D eigenvalue weighted by Crippen LogP contribution is -3.12. The molecule has 1 aromatic carbocycles. The molecule has 0 aliphatic rings. The first-order valence-electron chi connectivity index (χ1n) is 6.09. The molecule has 4 nitrogen and oxygen atoms in total. The Bertz CT molecular complexity index is 336. The monoisotopic (exact) mass is 236 g/mol. The Hall–Kier alpha value is -1.55.